The largest absolute Gasteiger partial charge is 0.394 e. The average Bonchev–Trinajstić information content (AvgIpc) is 3.04. The molecule has 2 fully saturated rings. The van der Waals surface area contributed by atoms with E-state index >= 15 is 0 Å². The van der Waals surface area contributed by atoms with Gasteiger partial charge in [-0.05, 0) is 37.1 Å². The number of imide groups is 1. The summed E-state index contributed by atoms with van der Waals surface area (Å²) in [6, 6.07) is 2.49. The molecule has 1 saturated heterocycles. The summed E-state index contributed by atoms with van der Waals surface area (Å²) in [6.45, 7) is 0. The van der Waals surface area contributed by atoms with Crippen LogP contribution in [0.15, 0.2) is 28.3 Å². The van der Waals surface area contributed by atoms with E-state index in [-0.39, 0.29) is 16.4 Å². The molecule has 1 atom stereocenters. The number of anilines is 1. The molecule has 0 bridgehead atoms. The van der Waals surface area contributed by atoms with Crippen LogP contribution in [0.2, 0.25) is 0 Å². The highest BCUT2D eigenvalue weighted by atomic mass is 32.2. The van der Waals surface area contributed by atoms with Gasteiger partial charge in [0.1, 0.15) is 5.82 Å². The third kappa shape index (κ3) is 3.19. The smallest absolute Gasteiger partial charge is 0.290 e. The van der Waals surface area contributed by atoms with Gasteiger partial charge in [-0.2, -0.15) is 9.61 Å². The predicted molar refractivity (Wildman–Crippen MR) is 106 cm³/mol. The Labute approximate surface area is 163 Å². The van der Waals surface area contributed by atoms with Gasteiger partial charge in [-0.1, -0.05) is 17.8 Å². The molecule has 10 heteroatoms. The van der Waals surface area contributed by atoms with Gasteiger partial charge < -0.3 is 11.1 Å². The maximum absolute atomic E-state index is 11.9. The van der Waals surface area contributed by atoms with E-state index in [4.69, 9.17) is 10.7 Å². The standard InChI is InChI=1S/C17H16N6O2S2/c18-13-4-3-11(26-13)10-6-14(20-9-1-2-9)23-15(21-10)8(7-19-23)5-12-16(24)22-17(25)27-12/h4-7,9,11,20H,1-3,18H2,(H,22,24,25)/b12-5-. The molecule has 5 rings (SSSR count). The monoisotopic (exact) mass is 400 g/mol. The normalized spacial score (nSPS) is 23.9. The first-order valence-corrected chi connectivity index (χ1v) is 10.3. The molecule has 2 amide bonds. The Morgan fingerprint density at radius 1 is 1.37 bits per heavy atom. The summed E-state index contributed by atoms with van der Waals surface area (Å²) in [7, 11) is 0. The molecule has 4 N–H and O–H groups in total. The zero-order valence-corrected chi connectivity index (χ0v) is 15.8. The number of nitrogens with two attached hydrogens (primary N) is 1. The van der Waals surface area contributed by atoms with Gasteiger partial charge in [0.25, 0.3) is 11.1 Å². The van der Waals surface area contributed by atoms with Crippen molar-refractivity contribution in [2.75, 3.05) is 5.32 Å². The van der Waals surface area contributed by atoms with Gasteiger partial charge in [-0.3, -0.25) is 14.9 Å². The highest BCUT2D eigenvalue weighted by Crippen LogP contribution is 2.42. The van der Waals surface area contributed by atoms with Gasteiger partial charge in [-0.25, -0.2) is 4.98 Å². The summed E-state index contributed by atoms with van der Waals surface area (Å²) in [5.74, 6) is 0.493. The molecular formula is C17H16N6O2S2. The molecule has 2 aromatic rings. The highest BCUT2D eigenvalue weighted by molar-refractivity contribution is 8.18. The van der Waals surface area contributed by atoms with Crippen LogP contribution in [0.1, 0.15) is 35.8 Å². The first-order chi connectivity index (χ1) is 13.1. The second-order valence-electron chi connectivity index (χ2n) is 6.62. The molecule has 8 nitrogen and oxygen atoms in total. The van der Waals surface area contributed by atoms with Crippen molar-refractivity contribution in [1.29, 1.82) is 0 Å². The van der Waals surface area contributed by atoms with Crippen molar-refractivity contribution in [2.24, 2.45) is 5.73 Å². The third-order valence-electron chi connectivity index (χ3n) is 4.52. The van der Waals surface area contributed by atoms with E-state index in [1.54, 1.807) is 28.6 Å². The number of amides is 2. The van der Waals surface area contributed by atoms with Gasteiger partial charge in [0, 0.05) is 17.7 Å². The Bertz CT molecular complexity index is 1040. The molecule has 1 aliphatic carbocycles. The molecule has 0 radical (unpaired) electrons. The van der Waals surface area contributed by atoms with E-state index in [1.165, 1.54) is 0 Å². The Balaban J connectivity index is 1.59. The molecule has 1 saturated carbocycles. The molecule has 138 valence electrons. The second-order valence-corrected chi connectivity index (χ2v) is 8.91. The maximum Gasteiger partial charge on any atom is 0.290 e. The van der Waals surface area contributed by atoms with Crippen molar-refractivity contribution in [2.45, 2.75) is 30.6 Å². The van der Waals surface area contributed by atoms with E-state index in [1.807, 2.05) is 12.1 Å². The van der Waals surface area contributed by atoms with Gasteiger partial charge in [-0.15, -0.1) is 0 Å². The molecule has 1 unspecified atom stereocenters. The number of hydrogen-bond acceptors (Lipinski definition) is 8. The average molecular weight is 400 g/mol. The number of fused-ring (bicyclic) bond motifs is 1. The number of rotatable bonds is 4. The topological polar surface area (TPSA) is 114 Å². The van der Waals surface area contributed by atoms with Crippen LogP contribution < -0.4 is 16.4 Å². The van der Waals surface area contributed by atoms with E-state index in [0.717, 1.165) is 47.6 Å². The first kappa shape index (κ1) is 16.7. The quantitative estimate of drug-likeness (QED) is 0.671. The number of allylic oxidation sites excluding steroid dienone is 1. The number of thioether (sulfide) groups is 2. The van der Waals surface area contributed by atoms with Crippen LogP contribution in [0, 0.1) is 0 Å². The lowest BCUT2D eigenvalue weighted by molar-refractivity contribution is -0.115. The van der Waals surface area contributed by atoms with E-state index in [0.29, 0.717) is 22.2 Å². The summed E-state index contributed by atoms with van der Waals surface area (Å²) >= 11 is 2.49. The fraction of sp³-hybridized carbons (Fsp3) is 0.294. The Hall–Kier alpha value is -2.46. The number of nitrogens with zero attached hydrogens (tertiary/aromatic N) is 3. The first-order valence-electron chi connectivity index (χ1n) is 8.59. The lowest BCUT2D eigenvalue weighted by Crippen LogP contribution is -2.17. The molecule has 2 aromatic heterocycles. The van der Waals surface area contributed by atoms with E-state index < -0.39 is 0 Å². The predicted octanol–water partition coefficient (Wildman–Crippen LogP) is 2.61. The lowest BCUT2D eigenvalue weighted by atomic mass is 10.2. The summed E-state index contributed by atoms with van der Waals surface area (Å²) in [6.07, 6.45) is 8.47. The van der Waals surface area contributed by atoms with Crippen LogP contribution in [0.4, 0.5) is 10.6 Å². The van der Waals surface area contributed by atoms with Crippen LogP contribution >= 0.6 is 23.5 Å². The number of hydrogen-bond donors (Lipinski definition) is 3. The Morgan fingerprint density at radius 2 is 2.22 bits per heavy atom. The van der Waals surface area contributed by atoms with Crippen molar-refractivity contribution < 1.29 is 9.59 Å². The van der Waals surface area contributed by atoms with Crippen LogP contribution in [-0.2, 0) is 4.79 Å². The van der Waals surface area contributed by atoms with Gasteiger partial charge in [0.2, 0.25) is 0 Å². The SMILES string of the molecule is NC1=CCC(c2cc(NC3CC3)n3ncc(/C=C4\SC(=O)NC4=O)c3n2)S1. The van der Waals surface area contributed by atoms with Crippen LogP contribution in [0.5, 0.6) is 0 Å². The van der Waals surface area contributed by atoms with Crippen molar-refractivity contribution in [3.05, 3.63) is 39.5 Å². The number of carbonyl (C=O) groups excluding carboxylic acids is 2. The minimum absolute atomic E-state index is 0.163. The summed E-state index contributed by atoms with van der Waals surface area (Å²) in [4.78, 5) is 28.4. The zero-order chi connectivity index (χ0) is 18.5. The van der Waals surface area contributed by atoms with Crippen LogP contribution in [0.25, 0.3) is 11.7 Å². The third-order valence-corrected chi connectivity index (χ3v) is 6.49. The molecule has 3 aliphatic rings. The number of nitrogens with one attached hydrogen (secondary N) is 2. The maximum atomic E-state index is 11.9. The Morgan fingerprint density at radius 3 is 2.89 bits per heavy atom. The van der Waals surface area contributed by atoms with Crippen molar-refractivity contribution in [1.82, 2.24) is 19.9 Å². The molecule has 4 heterocycles. The summed E-state index contributed by atoms with van der Waals surface area (Å²) < 4.78 is 1.75. The Kier molecular flexibility index (Phi) is 3.90. The summed E-state index contributed by atoms with van der Waals surface area (Å²) in [5.41, 5.74) is 8.20. The van der Waals surface area contributed by atoms with Crippen LogP contribution in [-0.4, -0.2) is 31.8 Å². The number of aromatic nitrogens is 3. The van der Waals surface area contributed by atoms with Crippen molar-refractivity contribution in [3.8, 4) is 0 Å². The molecule has 0 spiro atoms. The highest BCUT2D eigenvalue weighted by Gasteiger charge is 2.28. The van der Waals surface area contributed by atoms with E-state index in [9.17, 15) is 9.59 Å². The minimum atomic E-state index is -0.389. The van der Waals surface area contributed by atoms with E-state index in [2.05, 4.69) is 15.7 Å². The molecule has 27 heavy (non-hydrogen) atoms. The van der Waals surface area contributed by atoms with Crippen LogP contribution in [0.3, 0.4) is 0 Å². The molecule has 2 aliphatic heterocycles. The molecule has 0 aromatic carbocycles. The lowest BCUT2D eigenvalue weighted by Gasteiger charge is -2.13. The number of carbonyl (C=O) groups is 2. The van der Waals surface area contributed by atoms with Crippen molar-refractivity contribution >= 4 is 52.2 Å². The van der Waals surface area contributed by atoms with Gasteiger partial charge >= 0.3 is 0 Å². The van der Waals surface area contributed by atoms with Gasteiger partial charge in [0.15, 0.2) is 5.65 Å². The zero-order valence-electron chi connectivity index (χ0n) is 14.1. The molecular weight excluding hydrogens is 384 g/mol. The van der Waals surface area contributed by atoms with Crippen molar-refractivity contribution in [3.63, 3.8) is 0 Å². The fourth-order valence-electron chi connectivity index (χ4n) is 3.03. The van der Waals surface area contributed by atoms with Gasteiger partial charge in [0.05, 0.1) is 27.1 Å². The summed E-state index contributed by atoms with van der Waals surface area (Å²) in [5, 5.41) is 10.8. The fourth-order valence-corrected chi connectivity index (χ4v) is 4.66. The minimum Gasteiger partial charge on any atom is -0.394 e. The second kappa shape index (κ2) is 6.31.